The molecular weight excluding hydrogens is 526 g/mol. The summed E-state index contributed by atoms with van der Waals surface area (Å²) >= 11 is 0. The first-order valence-electron chi connectivity index (χ1n) is 13.4. The van der Waals surface area contributed by atoms with E-state index < -0.39 is 28.5 Å². The predicted molar refractivity (Wildman–Crippen MR) is 158 cm³/mol. The molecule has 3 rings (SSSR count). The Morgan fingerprint density at radius 3 is 2.10 bits per heavy atom. The van der Waals surface area contributed by atoms with Crippen molar-refractivity contribution in [3.63, 3.8) is 0 Å². The van der Waals surface area contributed by atoms with Gasteiger partial charge in [-0.2, -0.15) is 0 Å². The lowest BCUT2D eigenvalue weighted by atomic mass is 10.1. The maximum atomic E-state index is 14.0. The lowest BCUT2D eigenvalue weighted by molar-refractivity contribution is -0.139. The third kappa shape index (κ3) is 7.63. The lowest BCUT2D eigenvalue weighted by Crippen LogP contribution is -2.52. The largest absolute Gasteiger partial charge is 0.494 e. The van der Waals surface area contributed by atoms with Crippen molar-refractivity contribution < 1.29 is 22.7 Å². The van der Waals surface area contributed by atoms with Crippen LogP contribution < -0.4 is 14.4 Å². The van der Waals surface area contributed by atoms with Crippen LogP contribution in [0.25, 0.3) is 0 Å². The van der Waals surface area contributed by atoms with E-state index in [1.165, 1.54) is 17.0 Å². The van der Waals surface area contributed by atoms with E-state index >= 15 is 0 Å². The smallest absolute Gasteiger partial charge is 0.264 e. The van der Waals surface area contributed by atoms with Crippen molar-refractivity contribution >= 4 is 27.5 Å². The molecule has 2 amide bonds. The third-order valence-corrected chi connectivity index (χ3v) is 8.31. The van der Waals surface area contributed by atoms with E-state index in [2.05, 4.69) is 5.32 Å². The normalized spacial score (nSPS) is 12.1. The fourth-order valence-corrected chi connectivity index (χ4v) is 5.61. The third-order valence-electron chi connectivity index (χ3n) is 6.52. The average Bonchev–Trinajstić information content (AvgIpc) is 2.91. The van der Waals surface area contributed by atoms with Gasteiger partial charge in [-0.3, -0.25) is 13.9 Å². The maximum absolute atomic E-state index is 14.0. The Balaban J connectivity index is 2.03. The van der Waals surface area contributed by atoms with E-state index in [0.29, 0.717) is 18.0 Å². The van der Waals surface area contributed by atoms with Gasteiger partial charge in [0.2, 0.25) is 11.8 Å². The van der Waals surface area contributed by atoms with E-state index in [0.717, 1.165) is 21.0 Å². The monoisotopic (exact) mass is 565 g/mol. The molecule has 3 aromatic carbocycles. The van der Waals surface area contributed by atoms with Crippen molar-refractivity contribution in [2.45, 2.75) is 65.1 Å². The number of rotatable bonds is 12. The second-order valence-corrected chi connectivity index (χ2v) is 11.9. The Hall–Kier alpha value is -3.85. The van der Waals surface area contributed by atoms with Gasteiger partial charge in [-0.15, -0.1) is 0 Å². The van der Waals surface area contributed by atoms with Crippen LogP contribution in [0.5, 0.6) is 5.75 Å². The Bertz CT molecular complexity index is 1400. The zero-order valence-electron chi connectivity index (χ0n) is 24.0. The molecule has 0 radical (unpaired) electrons. The summed E-state index contributed by atoms with van der Waals surface area (Å²) in [5.41, 5.74) is 3.14. The second kappa shape index (κ2) is 13.5. The van der Waals surface area contributed by atoms with Gasteiger partial charge in [-0.25, -0.2) is 8.42 Å². The lowest BCUT2D eigenvalue weighted by Gasteiger charge is -2.32. The minimum atomic E-state index is -4.14. The van der Waals surface area contributed by atoms with Crippen LogP contribution in [0, 0.1) is 13.8 Å². The Labute approximate surface area is 238 Å². The van der Waals surface area contributed by atoms with Crippen molar-refractivity contribution in [1.82, 2.24) is 10.2 Å². The van der Waals surface area contributed by atoms with Gasteiger partial charge >= 0.3 is 0 Å². The summed E-state index contributed by atoms with van der Waals surface area (Å²) in [6.07, 6.45) is 0. The van der Waals surface area contributed by atoms with E-state index in [4.69, 9.17) is 4.74 Å². The number of carbonyl (C=O) groups excluding carboxylic acids is 2. The van der Waals surface area contributed by atoms with Crippen LogP contribution in [0.3, 0.4) is 0 Å². The van der Waals surface area contributed by atoms with Gasteiger partial charge in [-0.1, -0.05) is 42.0 Å². The fourth-order valence-electron chi connectivity index (χ4n) is 4.20. The Kier molecular flexibility index (Phi) is 10.3. The Morgan fingerprint density at radius 1 is 0.900 bits per heavy atom. The highest BCUT2D eigenvalue weighted by atomic mass is 32.2. The molecule has 0 saturated carbocycles. The van der Waals surface area contributed by atoms with E-state index in [1.54, 1.807) is 43.3 Å². The molecule has 8 nitrogen and oxygen atoms in total. The van der Waals surface area contributed by atoms with Crippen LogP contribution in [0.4, 0.5) is 5.69 Å². The summed E-state index contributed by atoms with van der Waals surface area (Å²) in [6, 6.07) is 19.7. The number of ether oxygens (including phenoxy) is 1. The van der Waals surface area contributed by atoms with E-state index in [9.17, 15) is 18.0 Å². The minimum absolute atomic E-state index is 0.0281. The topological polar surface area (TPSA) is 96.0 Å². The van der Waals surface area contributed by atoms with Crippen molar-refractivity contribution in [2.24, 2.45) is 0 Å². The number of benzene rings is 3. The molecule has 0 fully saturated rings. The molecule has 0 heterocycles. The first-order chi connectivity index (χ1) is 18.9. The summed E-state index contributed by atoms with van der Waals surface area (Å²) in [5.74, 6) is -0.258. The number of amides is 2. The molecule has 1 atom stereocenters. The standard InChI is InChI=1S/C31H39N3O5S/c1-7-39-28-16-18-29(19-17-28)40(37,38)34(27-14-12-23(4)13-15-27)21-30(35)33(25(6)31(36)32-22(2)3)20-26-11-9-8-10-24(26)5/h8-19,22,25H,7,20-21H2,1-6H3,(H,32,36)/t25-/m0/s1. The molecule has 214 valence electrons. The summed E-state index contributed by atoms with van der Waals surface area (Å²) in [6.45, 7) is 11.2. The molecule has 0 aliphatic heterocycles. The highest BCUT2D eigenvalue weighted by Gasteiger charge is 2.32. The first-order valence-corrected chi connectivity index (χ1v) is 14.8. The molecule has 0 bridgehead atoms. The molecule has 9 heteroatoms. The molecule has 0 aromatic heterocycles. The van der Waals surface area contributed by atoms with Gasteiger partial charge < -0.3 is 15.0 Å². The molecule has 0 unspecified atom stereocenters. The van der Waals surface area contributed by atoms with E-state index in [-0.39, 0.29) is 23.4 Å². The number of nitrogens with one attached hydrogen (secondary N) is 1. The number of anilines is 1. The van der Waals surface area contributed by atoms with Crippen LogP contribution in [-0.4, -0.2) is 50.4 Å². The zero-order chi connectivity index (χ0) is 29.4. The van der Waals surface area contributed by atoms with Gasteiger partial charge in [0.15, 0.2) is 0 Å². The number of carbonyl (C=O) groups is 2. The van der Waals surface area contributed by atoms with Crippen LogP contribution in [0.2, 0.25) is 0 Å². The fraction of sp³-hybridized carbons (Fsp3) is 0.355. The second-order valence-electron chi connectivity index (χ2n) is 10.0. The van der Waals surface area contributed by atoms with Crippen molar-refractivity contribution in [2.75, 3.05) is 17.5 Å². The molecule has 40 heavy (non-hydrogen) atoms. The van der Waals surface area contributed by atoms with Gasteiger partial charge in [-0.05, 0) is 89.1 Å². The van der Waals surface area contributed by atoms with Crippen LogP contribution in [-0.2, 0) is 26.2 Å². The van der Waals surface area contributed by atoms with Crippen molar-refractivity contribution in [3.05, 3.63) is 89.5 Å². The highest BCUT2D eigenvalue weighted by Crippen LogP contribution is 2.26. The zero-order valence-corrected chi connectivity index (χ0v) is 24.9. The summed E-state index contributed by atoms with van der Waals surface area (Å²) in [7, 11) is -4.14. The number of hydrogen-bond acceptors (Lipinski definition) is 5. The van der Waals surface area contributed by atoms with Gasteiger partial charge in [0.1, 0.15) is 18.3 Å². The molecular formula is C31H39N3O5S. The number of aryl methyl sites for hydroxylation is 2. The number of sulfonamides is 1. The molecule has 0 saturated heterocycles. The minimum Gasteiger partial charge on any atom is -0.494 e. The van der Waals surface area contributed by atoms with Crippen LogP contribution in [0.15, 0.2) is 77.7 Å². The van der Waals surface area contributed by atoms with Gasteiger partial charge in [0, 0.05) is 12.6 Å². The molecule has 3 aromatic rings. The first kappa shape index (κ1) is 30.7. The van der Waals surface area contributed by atoms with Crippen LogP contribution >= 0.6 is 0 Å². The van der Waals surface area contributed by atoms with Gasteiger partial charge in [0.25, 0.3) is 10.0 Å². The molecule has 0 aliphatic carbocycles. The summed E-state index contributed by atoms with van der Waals surface area (Å²) in [5, 5.41) is 2.86. The highest BCUT2D eigenvalue weighted by molar-refractivity contribution is 7.92. The predicted octanol–water partition coefficient (Wildman–Crippen LogP) is 4.84. The number of hydrogen-bond donors (Lipinski definition) is 1. The van der Waals surface area contributed by atoms with Crippen molar-refractivity contribution in [3.8, 4) is 5.75 Å². The van der Waals surface area contributed by atoms with E-state index in [1.807, 2.05) is 58.9 Å². The average molecular weight is 566 g/mol. The maximum Gasteiger partial charge on any atom is 0.264 e. The Morgan fingerprint density at radius 2 is 1.52 bits per heavy atom. The quantitative estimate of drug-likeness (QED) is 0.339. The number of nitrogens with zero attached hydrogens (tertiary/aromatic N) is 2. The van der Waals surface area contributed by atoms with Crippen LogP contribution in [0.1, 0.15) is 44.4 Å². The summed E-state index contributed by atoms with van der Waals surface area (Å²) in [4.78, 5) is 28.5. The molecule has 1 N–H and O–H groups in total. The molecule has 0 spiro atoms. The SMILES string of the molecule is CCOc1ccc(S(=O)(=O)N(CC(=O)N(Cc2ccccc2C)[C@@H](C)C(=O)NC(C)C)c2ccc(C)cc2)cc1. The van der Waals surface area contributed by atoms with Crippen molar-refractivity contribution in [1.29, 1.82) is 0 Å². The van der Waals surface area contributed by atoms with Gasteiger partial charge in [0.05, 0.1) is 17.2 Å². The molecule has 0 aliphatic rings. The summed E-state index contributed by atoms with van der Waals surface area (Å²) < 4.78 is 34.4.